The molecule has 0 unspecified atom stereocenters. The monoisotopic (exact) mass is 467 g/mol. The highest BCUT2D eigenvalue weighted by Crippen LogP contribution is 2.25. The fourth-order valence-corrected chi connectivity index (χ4v) is 5.20. The lowest BCUT2D eigenvalue weighted by Crippen LogP contribution is -2.44. The molecule has 0 aliphatic carbocycles. The first-order valence-corrected chi connectivity index (χ1v) is 11.6. The highest BCUT2D eigenvalue weighted by Gasteiger charge is 2.33. The number of halogens is 2. The number of sulfonamides is 1. The molecule has 1 aliphatic heterocycles. The van der Waals surface area contributed by atoms with Crippen LogP contribution in [0, 0.1) is 18.7 Å². The molecule has 0 aromatic heterocycles. The van der Waals surface area contributed by atoms with Crippen molar-refractivity contribution in [3.63, 3.8) is 0 Å². The second-order valence-corrected chi connectivity index (χ2v) is 9.67. The molecule has 166 valence electrons. The third-order valence-electron chi connectivity index (χ3n) is 5.10. The molecule has 0 spiro atoms. The van der Waals surface area contributed by atoms with E-state index in [1.807, 2.05) is 13.0 Å². The van der Waals surface area contributed by atoms with E-state index in [2.05, 4.69) is 10.6 Å². The normalized spacial score (nSPS) is 15.5. The third-order valence-corrected chi connectivity index (χ3v) is 7.35. The molecule has 0 saturated carbocycles. The summed E-state index contributed by atoms with van der Waals surface area (Å²) < 4.78 is 40.4. The molecular formula is C21H23ClFN3O4S. The van der Waals surface area contributed by atoms with Crippen LogP contribution in [0.3, 0.4) is 0 Å². The number of carbonyl (C=O) groups is 2. The molecule has 7 nitrogen and oxygen atoms in total. The summed E-state index contributed by atoms with van der Waals surface area (Å²) in [4.78, 5) is 24.1. The van der Waals surface area contributed by atoms with E-state index >= 15 is 0 Å². The van der Waals surface area contributed by atoms with Gasteiger partial charge in [0, 0.05) is 19.0 Å². The van der Waals surface area contributed by atoms with Gasteiger partial charge in [-0.15, -0.1) is 0 Å². The maximum Gasteiger partial charge on any atom is 0.245 e. The van der Waals surface area contributed by atoms with Gasteiger partial charge in [-0.05, 0) is 49.6 Å². The van der Waals surface area contributed by atoms with E-state index in [9.17, 15) is 22.4 Å². The minimum absolute atomic E-state index is 0.0971. The van der Waals surface area contributed by atoms with Crippen LogP contribution in [0.25, 0.3) is 0 Å². The molecule has 2 aromatic carbocycles. The van der Waals surface area contributed by atoms with Crippen LogP contribution in [0.4, 0.5) is 10.1 Å². The average Bonchev–Trinajstić information content (AvgIpc) is 2.74. The van der Waals surface area contributed by atoms with Gasteiger partial charge in [-0.1, -0.05) is 29.8 Å². The second-order valence-electron chi connectivity index (χ2n) is 7.36. The molecule has 0 radical (unpaired) electrons. The van der Waals surface area contributed by atoms with Crippen molar-refractivity contribution in [2.75, 3.05) is 25.0 Å². The molecule has 3 rings (SSSR count). The molecule has 2 N–H and O–H groups in total. The lowest BCUT2D eigenvalue weighted by atomic mass is 9.97. The Labute approximate surface area is 185 Å². The van der Waals surface area contributed by atoms with Crippen LogP contribution >= 0.6 is 11.6 Å². The van der Waals surface area contributed by atoms with Gasteiger partial charge >= 0.3 is 0 Å². The molecule has 10 heteroatoms. The molecule has 1 fully saturated rings. The van der Waals surface area contributed by atoms with Crippen LogP contribution < -0.4 is 10.6 Å². The minimum Gasteiger partial charge on any atom is -0.347 e. The summed E-state index contributed by atoms with van der Waals surface area (Å²) in [6, 6.07) is 10.4. The molecule has 1 saturated heterocycles. The number of aryl methyl sites for hydroxylation is 1. The zero-order valence-corrected chi connectivity index (χ0v) is 18.5. The van der Waals surface area contributed by atoms with Gasteiger partial charge in [-0.2, -0.15) is 4.31 Å². The van der Waals surface area contributed by atoms with Crippen molar-refractivity contribution >= 4 is 39.1 Å². The average molecular weight is 468 g/mol. The second kappa shape index (κ2) is 9.76. The van der Waals surface area contributed by atoms with Crippen molar-refractivity contribution in [3.8, 4) is 0 Å². The predicted octanol–water partition coefficient (Wildman–Crippen LogP) is 2.94. The summed E-state index contributed by atoms with van der Waals surface area (Å²) >= 11 is 6.08. The molecule has 2 aromatic rings. The number of anilines is 1. The van der Waals surface area contributed by atoms with Crippen LogP contribution in [0.2, 0.25) is 5.02 Å². The van der Waals surface area contributed by atoms with E-state index in [4.69, 9.17) is 11.6 Å². The van der Waals surface area contributed by atoms with Crippen LogP contribution in [0.1, 0.15) is 18.4 Å². The Balaban J connectivity index is 1.50. The van der Waals surface area contributed by atoms with Gasteiger partial charge in [0.05, 0.1) is 17.3 Å². The largest absolute Gasteiger partial charge is 0.347 e. The molecule has 1 aliphatic rings. The molecule has 31 heavy (non-hydrogen) atoms. The first-order valence-electron chi connectivity index (χ1n) is 9.77. The summed E-state index contributed by atoms with van der Waals surface area (Å²) in [5, 5.41) is 5.62. The van der Waals surface area contributed by atoms with Crippen molar-refractivity contribution in [3.05, 3.63) is 58.9 Å². The maximum atomic E-state index is 13.9. The van der Waals surface area contributed by atoms with Crippen molar-refractivity contribution in [1.82, 2.24) is 9.62 Å². The third kappa shape index (κ3) is 5.61. The Morgan fingerprint density at radius 1 is 1.16 bits per heavy atom. The number of hydrogen-bond acceptors (Lipinski definition) is 4. The van der Waals surface area contributed by atoms with Crippen LogP contribution in [-0.2, 0) is 19.6 Å². The van der Waals surface area contributed by atoms with Crippen LogP contribution in [0.5, 0.6) is 0 Å². The van der Waals surface area contributed by atoms with Gasteiger partial charge in [0.25, 0.3) is 0 Å². The Hall–Kier alpha value is -2.49. The van der Waals surface area contributed by atoms with E-state index in [0.717, 1.165) is 11.6 Å². The van der Waals surface area contributed by atoms with Gasteiger partial charge in [0.2, 0.25) is 21.8 Å². The van der Waals surface area contributed by atoms with Crippen LogP contribution in [0.15, 0.2) is 47.4 Å². The van der Waals surface area contributed by atoms with Crippen molar-refractivity contribution in [2.24, 2.45) is 5.92 Å². The number of carbonyl (C=O) groups excluding carboxylic acids is 2. The summed E-state index contributed by atoms with van der Waals surface area (Å²) in [5.41, 5.74) is 1.41. The summed E-state index contributed by atoms with van der Waals surface area (Å²) in [5.74, 6) is -1.98. The highest BCUT2D eigenvalue weighted by atomic mass is 35.5. The van der Waals surface area contributed by atoms with E-state index in [-0.39, 0.29) is 43.3 Å². The molecule has 2 amide bonds. The van der Waals surface area contributed by atoms with Gasteiger partial charge < -0.3 is 10.6 Å². The fraction of sp³-hybridized carbons (Fsp3) is 0.333. The number of benzene rings is 2. The Morgan fingerprint density at radius 3 is 2.48 bits per heavy atom. The van der Waals surface area contributed by atoms with Crippen LogP contribution in [-0.4, -0.2) is 44.2 Å². The predicted molar refractivity (Wildman–Crippen MR) is 116 cm³/mol. The molecule has 1 heterocycles. The summed E-state index contributed by atoms with van der Waals surface area (Å²) in [7, 11) is -3.96. The number of nitrogens with zero attached hydrogens (tertiary/aromatic N) is 1. The summed E-state index contributed by atoms with van der Waals surface area (Å²) in [6.45, 7) is 1.85. The zero-order valence-electron chi connectivity index (χ0n) is 16.9. The van der Waals surface area contributed by atoms with Gasteiger partial charge in [-0.3, -0.25) is 9.59 Å². The number of rotatable bonds is 6. The molecular weight excluding hydrogens is 445 g/mol. The number of nitrogens with one attached hydrogen (secondary N) is 2. The number of amides is 2. The van der Waals surface area contributed by atoms with Gasteiger partial charge in [0.1, 0.15) is 10.7 Å². The van der Waals surface area contributed by atoms with Crippen molar-refractivity contribution in [2.45, 2.75) is 24.7 Å². The first-order chi connectivity index (χ1) is 14.7. The van der Waals surface area contributed by atoms with E-state index in [1.54, 1.807) is 12.1 Å². The topological polar surface area (TPSA) is 95.6 Å². The SMILES string of the molecule is Cc1ccc(NC(=O)CNC(=O)C2CCN(S(=O)(=O)c3ccccc3F)CC2)c(Cl)c1. The molecule has 0 atom stereocenters. The van der Waals surface area contributed by atoms with Crippen molar-refractivity contribution < 1.29 is 22.4 Å². The fourth-order valence-electron chi connectivity index (χ4n) is 3.38. The van der Waals surface area contributed by atoms with E-state index in [1.165, 1.54) is 22.5 Å². The van der Waals surface area contributed by atoms with Gasteiger partial charge in [-0.25, -0.2) is 12.8 Å². The van der Waals surface area contributed by atoms with E-state index in [0.29, 0.717) is 10.7 Å². The lowest BCUT2D eigenvalue weighted by Gasteiger charge is -2.30. The highest BCUT2D eigenvalue weighted by molar-refractivity contribution is 7.89. The Bertz CT molecular complexity index is 1090. The first kappa shape index (κ1) is 23.2. The lowest BCUT2D eigenvalue weighted by molar-refractivity contribution is -0.128. The van der Waals surface area contributed by atoms with E-state index < -0.39 is 27.7 Å². The number of hydrogen-bond donors (Lipinski definition) is 2. The zero-order chi connectivity index (χ0) is 22.6. The maximum absolute atomic E-state index is 13.9. The standard InChI is InChI=1S/C21H23ClFN3O4S/c1-14-6-7-18(16(22)12-14)25-20(27)13-24-21(28)15-8-10-26(11-9-15)31(29,30)19-5-3-2-4-17(19)23/h2-7,12,15H,8-11,13H2,1H3,(H,24,28)(H,25,27). The summed E-state index contributed by atoms with van der Waals surface area (Å²) in [6.07, 6.45) is 0.565. The molecule has 0 bridgehead atoms. The smallest absolute Gasteiger partial charge is 0.245 e. The number of piperidine rings is 1. The minimum atomic E-state index is -3.96. The van der Waals surface area contributed by atoms with Gasteiger partial charge in [0.15, 0.2) is 0 Å². The Kier molecular flexibility index (Phi) is 7.30. The Morgan fingerprint density at radius 2 is 1.84 bits per heavy atom. The quantitative estimate of drug-likeness (QED) is 0.682. The van der Waals surface area contributed by atoms with Crippen molar-refractivity contribution in [1.29, 1.82) is 0 Å².